The molecule has 0 saturated heterocycles. The summed E-state index contributed by atoms with van der Waals surface area (Å²) in [6.45, 7) is 4.37. The van der Waals surface area contributed by atoms with E-state index < -0.39 is 0 Å². The minimum absolute atomic E-state index is 0.416. The summed E-state index contributed by atoms with van der Waals surface area (Å²) in [7, 11) is 0. The van der Waals surface area contributed by atoms with Gasteiger partial charge in [0.05, 0.1) is 12.2 Å². The summed E-state index contributed by atoms with van der Waals surface area (Å²) in [5.41, 5.74) is 0. The molecule has 1 fully saturated rings. The van der Waals surface area contributed by atoms with Crippen molar-refractivity contribution in [1.82, 2.24) is 0 Å². The van der Waals surface area contributed by atoms with Gasteiger partial charge in [0.1, 0.15) is 0 Å². The lowest BCUT2D eigenvalue weighted by atomic mass is 9.98. The summed E-state index contributed by atoms with van der Waals surface area (Å²) < 4.78 is 6.04. The van der Waals surface area contributed by atoms with Gasteiger partial charge in [-0.05, 0) is 26.2 Å². The fourth-order valence-corrected chi connectivity index (χ4v) is 2.67. The van der Waals surface area contributed by atoms with E-state index in [1.807, 2.05) is 0 Å². The number of hydrogen-bond acceptors (Lipinski definition) is 1. The second-order valence-electron chi connectivity index (χ2n) is 4.40. The lowest BCUT2D eigenvalue weighted by Gasteiger charge is -2.28. The second-order valence-corrected chi connectivity index (χ2v) is 5.58. The SMILES string of the molecule is CCC(C)OC1CCCCCCC1Br. The Labute approximate surface area is 96.7 Å². The molecule has 0 aromatic rings. The summed E-state index contributed by atoms with van der Waals surface area (Å²) >= 11 is 3.77. The Morgan fingerprint density at radius 2 is 1.86 bits per heavy atom. The van der Waals surface area contributed by atoms with Crippen molar-refractivity contribution in [3.8, 4) is 0 Å². The summed E-state index contributed by atoms with van der Waals surface area (Å²) in [5, 5.41) is 0. The topological polar surface area (TPSA) is 9.23 Å². The largest absolute Gasteiger partial charge is 0.374 e. The zero-order valence-corrected chi connectivity index (χ0v) is 11.1. The maximum atomic E-state index is 6.04. The van der Waals surface area contributed by atoms with Crippen molar-refractivity contribution in [1.29, 1.82) is 0 Å². The molecule has 0 bridgehead atoms. The van der Waals surface area contributed by atoms with Gasteiger partial charge >= 0.3 is 0 Å². The Morgan fingerprint density at radius 1 is 1.21 bits per heavy atom. The minimum atomic E-state index is 0.416. The molecule has 0 radical (unpaired) electrons. The lowest BCUT2D eigenvalue weighted by molar-refractivity contribution is -0.0120. The highest BCUT2D eigenvalue weighted by Gasteiger charge is 2.22. The van der Waals surface area contributed by atoms with Crippen molar-refractivity contribution in [2.75, 3.05) is 0 Å². The Balaban J connectivity index is 2.37. The highest BCUT2D eigenvalue weighted by atomic mass is 79.9. The van der Waals surface area contributed by atoms with Crippen LogP contribution in [0.4, 0.5) is 0 Å². The molecule has 0 aromatic carbocycles. The van der Waals surface area contributed by atoms with Crippen molar-refractivity contribution in [2.45, 2.75) is 75.8 Å². The van der Waals surface area contributed by atoms with Crippen molar-refractivity contribution >= 4 is 15.9 Å². The summed E-state index contributed by atoms with van der Waals surface area (Å²) in [5.74, 6) is 0. The van der Waals surface area contributed by atoms with Crippen molar-refractivity contribution in [3.63, 3.8) is 0 Å². The Kier molecular flexibility index (Phi) is 6.11. The second kappa shape index (κ2) is 6.84. The zero-order valence-electron chi connectivity index (χ0n) is 9.47. The average molecular weight is 263 g/mol. The number of rotatable bonds is 3. The minimum Gasteiger partial charge on any atom is -0.374 e. The quantitative estimate of drug-likeness (QED) is 0.690. The van der Waals surface area contributed by atoms with Gasteiger partial charge in [0.2, 0.25) is 0 Å². The fourth-order valence-electron chi connectivity index (χ4n) is 1.95. The van der Waals surface area contributed by atoms with Crippen LogP contribution in [0.2, 0.25) is 0 Å². The molecule has 1 saturated carbocycles. The maximum Gasteiger partial charge on any atom is 0.0703 e. The third kappa shape index (κ3) is 4.31. The Bertz CT molecular complexity index is 149. The van der Waals surface area contributed by atoms with Crippen LogP contribution in [0.25, 0.3) is 0 Å². The number of hydrogen-bond donors (Lipinski definition) is 0. The van der Waals surface area contributed by atoms with Gasteiger partial charge in [0, 0.05) is 4.83 Å². The third-order valence-corrected chi connectivity index (χ3v) is 4.15. The van der Waals surface area contributed by atoms with Gasteiger partial charge in [0.25, 0.3) is 0 Å². The number of ether oxygens (including phenoxy) is 1. The first-order chi connectivity index (χ1) is 6.74. The van der Waals surface area contributed by atoms with Crippen LogP contribution >= 0.6 is 15.9 Å². The van der Waals surface area contributed by atoms with E-state index in [4.69, 9.17) is 4.74 Å². The first-order valence-electron chi connectivity index (χ1n) is 6.03. The molecule has 0 N–H and O–H groups in total. The van der Waals surface area contributed by atoms with Crippen LogP contribution in [0.5, 0.6) is 0 Å². The van der Waals surface area contributed by atoms with Gasteiger partial charge in [-0.3, -0.25) is 0 Å². The Hall–Kier alpha value is 0.440. The van der Waals surface area contributed by atoms with E-state index in [1.165, 1.54) is 38.5 Å². The molecule has 0 aromatic heterocycles. The first-order valence-corrected chi connectivity index (χ1v) is 6.95. The van der Waals surface area contributed by atoms with Crippen molar-refractivity contribution in [3.05, 3.63) is 0 Å². The monoisotopic (exact) mass is 262 g/mol. The molecule has 2 heteroatoms. The molecule has 1 aliphatic carbocycles. The van der Waals surface area contributed by atoms with E-state index in [1.54, 1.807) is 0 Å². The normalized spacial score (nSPS) is 31.9. The Morgan fingerprint density at radius 3 is 2.50 bits per heavy atom. The maximum absolute atomic E-state index is 6.04. The van der Waals surface area contributed by atoms with Crippen LogP contribution in [0, 0.1) is 0 Å². The van der Waals surface area contributed by atoms with Crippen molar-refractivity contribution < 1.29 is 4.74 Å². The van der Waals surface area contributed by atoms with E-state index in [-0.39, 0.29) is 0 Å². The number of alkyl halides is 1. The highest BCUT2D eigenvalue weighted by Crippen LogP contribution is 2.26. The van der Waals surface area contributed by atoms with Crippen molar-refractivity contribution in [2.24, 2.45) is 0 Å². The van der Waals surface area contributed by atoms with E-state index in [2.05, 4.69) is 29.8 Å². The van der Waals surface area contributed by atoms with Crippen LogP contribution in [0.1, 0.15) is 58.8 Å². The molecular weight excluding hydrogens is 240 g/mol. The van der Waals surface area contributed by atoms with Gasteiger partial charge in [-0.15, -0.1) is 0 Å². The molecule has 0 aliphatic heterocycles. The van der Waals surface area contributed by atoms with E-state index in [0.29, 0.717) is 17.0 Å². The highest BCUT2D eigenvalue weighted by molar-refractivity contribution is 9.09. The smallest absolute Gasteiger partial charge is 0.0703 e. The van der Waals surface area contributed by atoms with E-state index in [9.17, 15) is 0 Å². The molecule has 84 valence electrons. The molecule has 0 heterocycles. The van der Waals surface area contributed by atoms with Crippen LogP contribution < -0.4 is 0 Å². The molecule has 0 spiro atoms. The van der Waals surface area contributed by atoms with Gasteiger partial charge in [0.15, 0.2) is 0 Å². The predicted molar refractivity (Wildman–Crippen MR) is 65.0 cm³/mol. The summed E-state index contributed by atoms with van der Waals surface area (Å²) in [6.07, 6.45) is 9.99. The molecule has 3 unspecified atom stereocenters. The molecular formula is C12H23BrO. The van der Waals surface area contributed by atoms with Crippen LogP contribution in [0.15, 0.2) is 0 Å². The van der Waals surface area contributed by atoms with Gasteiger partial charge in [-0.1, -0.05) is 48.5 Å². The van der Waals surface area contributed by atoms with Crippen LogP contribution in [0.3, 0.4) is 0 Å². The molecule has 1 rings (SSSR count). The molecule has 1 aliphatic rings. The van der Waals surface area contributed by atoms with Gasteiger partial charge < -0.3 is 4.74 Å². The molecule has 1 nitrogen and oxygen atoms in total. The van der Waals surface area contributed by atoms with Gasteiger partial charge in [-0.2, -0.15) is 0 Å². The zero-order chi connectivity index (χ0) is 10.4. The standard InChI is InChI=1S/C12H23BrO/c1-3-10(2)14-12-9-7-5-4-6-8-11(12)13/h10-12H,3-9H2,1-2H3. The third-order valence-electron chi connectivity index (χ3n) is 3.10. The van der Waals surface area contributed by atoms with E-state index >= 15 is 0 Å². The summed E-state index contributed by atoms with van der Waals surface area (Å²) in [4.78, 5) is 0.580. The number of halogens is 1. The lowest BCUT2D eigenvalue weighted by Crippen LogP contribution is -2.29. The molecule has 3 atom stereocenters. The molecule has 14 heavy (non-hydrogen) atoms. The van der Waals surface area contributed by atoms with Crippen LogP contribution in [-0.2, 0) is 4.74 Å². The van der Waals surface area contributed by atoms with Crippen LogP contribution in [-0.4, -0.2) is 17.0 Å². The summed E-state index contributed by atoms with van der Waals surface area (Å²) in [6, 6.07) is 0. The predicted octanol–water partition coefficient (Wildman–Crippen LogP) is 4.29. The van der Waals surface area contributed by atoms with Gasteiger partial charge in [-0.25, -0.2) is 0 Å². The van der Waals surface area contributed by atoms with E-state index in [0.717, 1.165) is 6.42 Å². The first kappa shape index (κ1) is 12.5. The fraction of sp³-hybridized carbons (Fsp3) is 1.00. The average Bonchev–Trinajstić information content (AvgIpc) is 2.17. The molecule has 0 amide bonds.